The van der Waals surface area contributed by atoms with Gasteiger partial charge in [0.25, 0.3) is 11.8 Å². The number of nitrogens with one attached hydrogen (secondary N) is 5. The van der Waals surface area contributed by atoms with E-state index in [2.05, 4.69) is 26.0 Å². The average Bonchev–Trinajstić information content (AvgIpc) is 3.92. The standard InChI is InChI=1S/C35H46N6O7S2/c1-34(2,3)39-33(46)37-25-13-8-6-4-5-7-12-22-19-35(22,32(45)40-50(47,48)24-15-16-24)38-29(42)26-18-23(20-41(26)31(25)44)36-30(43)28-17-21-11-9-10-14-27(21)49-28/h7,9-12,14,17,22-26H,4-6,8,13,15-16,18-20H2,1-3H3,(H,36,43)(H,38,42)(H,40,45)(H2,37,39,46)/b12-7-/t22-,23+,25-,26-,35+/m0/s1. The minimum Gasteiger partial charge on any atom is -0.347 e. The summed E-state index contributed by atoms with van der Waals surface area (Å²) in [5.74, 6) is -2.64. The molecule has 270 valence electrons. The van der Waals surface area contributed by atoms with E-state index in [9.17, 15) is 32.4 Å². The fourth-order valence-electron chi connectivity index (χ4n) is 6.79. The Bertz CT molecular complexity index is 1780. The molecule has 15 heteroatoms. The third kappa shape index (κ3) is 8.14. The monoisotopic (exact) mass is 726 g/mol. The molecule has 3 fully saturated rings. The number of fused-ring (bicyclic) bond motifs is 3. The molecule has 2 aliphatic heterocycles. The highest BCUT2D eigenvalue weighted by molar-refractivity contribution is 7.91. The van der Waals surface area contributed by atoms with Gasteiger partial charge in [0.2, 0.25) is 21.8 Å². The van der Waals surface area contributed by atoms with Crippen LogP contribution in [-0.2, 0) is 24.4 Å². The van der Waals surface area contributed by atoms with Crippen molar-refractivity contribution in [2.24, 2.45) is 5.92 Å². The minimum atomic E-state index is -3.88. The van der Waals surface area contributed by atoms with Crippen LogP contribution in [0.1, 0.15) is 88.2 Å². The SMILES string of the molecule is CC(C)(C)NC(=O)N[C@H]1CCCCC/C=C\[C@H]2C[C@@]2(C(=O)NS(=O)(=O)C2CC2)NC(=O)[C@@H]2C[C@@H](NC(=O)c3cc4ccccc4s3)CN2C1=O. The van der Waals surface area contributed by atoms with Gasteiger partial charge in [-0.25, -0.2) is 13.2 Å². The minimum absolute atomic E-state index is 0.00517. The van der Waals surface area contributed by atoms with Crippen molar-refractivity contribution in [1.82, 2.24) is 30.9 Å². The Labute approximate surface area is 296 Å². The average molecular weight is 727 g/mol. The Kier molecular flexibility index (Phi) is 10.0. The third-order valence-corrected chi connectivity index (χ3v) is 12.6. The molecule has 5 atom stereocenters. The molecule has 0 radical (unpaired) electrons. The smallest absolute Gasteiger partial charge is 0.315 e. The Hall–Kier alpha value is -3.98. The lowest BCUT2D eigenvalue weighted by molar-refractivity contribution is -0.141. The number of benzene rings is 1. The number of sulfonamides is 1. The summed E-state index contributed by atoms with van der Waals surface area (Å²) < 4.78 is 28.7. The maximum absolute atomic E-state index is 14.3. The first kappa shape index (κ1) is 35.8. The molecule has 6 rings (SSSR count). The van der Waals surface area contributed by atoms with E-state index in [0.717, 1.165) is 22.9 Å². The molecule has 1 aromatic heterocycles. The number of hydrogen-bond acceptors (Lipinski definition) is 8. The van der Waals surface area contributed by atoms with Crippen LogP contribution in [0.3, 0.4) is 0 Å². The van der Waals surface area contributed by atoms with Crippen molar-refractivity contribution in [3.05, 3.63) is 47.4 Å². The van der Waals surface area contributed by atoms with Gasteiger partial charge in [-0.2, -0.15) is 0 Å². The summed E-state index contributed by atoms with van der Waals surface area (Å²) in [7, 11) is -3.88. The summed E-state index contributed by atoms with van der Waals surface area (Å²) in [4.78, 5) is 70.4. The van der Waals surface area contributed by atoms with E-state index < -0.39 is 74.1 Å². The lowest BCUT2D eigenvalue weighted by Gasteiger charge is -2.31. The van der Waals surface area contributed by atoms with Crippen LogP contribution in [0.15, 0.2) is 42.5 Å². The molecule has 1 saturated heterocycles. The molecule has 1 aromatic carbocycles. The van der Waals surface area contributed by atoms with Crippen molar-refractivity contribution in [3.63, 3.8) is 0 Å². The Morgan fingerprint density at radius 1 is 1.02 bits per heavy atom. The van der Waals surface area contributed by atoms with Crippen LogP contribution in [-0.4, -0.2) is 84.0 Å². The fourth-order valence-corrected chi connectivity index (χ4v) is 9.12. The first-order valence-corrected chi connectivity index (χ1v) is 19.7. The largest absolute Gasteiger partial charge is 0.347 e. The van der Waals surface area contributed by atoms with Crippen molar-refractivity contribution in [2.45, 2.75) is 113 Å². The van der Waals surface area contributed by atoms with Gasteiger partial charge in [-0.05, 0) is 83.2 Å². The number of carbonyl (C=O) groups excluding carboxylic acids is 5. The summed E-state index contributed by atoms with van der Waals surface area (Å²) in [5.41, 5.74) is -2.05. The van der Waals surface area contributed by atoms with Gasteiger partial charge in [0.15, 0.2) is 0 Å². The van der Waals surface area contributed by atoms with Crippen molar-refractivity contribution in [1.29, 1.82) is 0 Å². The van der Waals surface area contributed by atoms with Crippen molar-refractivity contribution in [3.8, 4) is 0 Å². The molecule has 2 aliphatic carbocycles. The van der Waals surface area contributed by atoms with Gasteiger partial charge in [-0.3, -0.25) is 23.9 Å². The molecule has 4 aliphatic rings. The highest BCUT2D eigenvalue weighted by Crippen LogP contribution is 2.46. The second kappa shape index (κ2) is 14.0. The second-order valence-corrected chi connectivity index (χ2v) is 18.0. The summed E-state index contributed by atoms with van der Waals surface area (Å²) in [6.07, 6.45) is 8.30. The number of carbonyl (C=O) groups is 5. The van der Waals surface area contributed by atoms with Crippen LogP contribution in [0, 0.1) is 5.92 Å². The zero-order valence-electron chi connectivity index (χ0n) is 28.6. The van der Waals surface area contributed by atoms with Gasteiger partial charge >= 0.3 is 6.03 Å². The van der Waals surface area contributed by atoms with Crippen LogP contribution >= 0.6 is 11.3 Å². The lowest BCUT2D eigenvalue weighted by atomic mass is 10.0. The molecule has 0 bridgehead atoms. The quantitative estimate of drug-likeness (QED) is 0.284. The van der Waals surface area contributed by atoms with E-state index >= 15 is 0 Å². The number of allylic oxidation sites excluding steroid dienone is 1. The van der Waals surface area contributed by atoms with Gasteiger partial charge in [-0.15, -0.1) is 11.3 Å². The molecule has 50 heavy (non-hydrogen) atoms. The van der Waals surface area contributed by atoms with Crippen LogP contribution in [0.2, 0.25) is 0 Å². The molecular weight excluding hydrogens is 681 g/mol. The first-order chi connectivity index (χ1) is 23.6. The van der Waals surface area contributed by atoms with E-state index in [0.29, 0.717) is 37.0 Å². The van der Waals surface area contributed by atoms with E-state index in [1.165, 1.54) is 16.2 Å². The molecule has 2 saturated carbocycles. The maximum Gasteiger partial charge on any atom is 0.315 e. The van der Waals surface area contributed by atoms with Gasteiger partial charge in [0.05, 0.1) is 10.1 Å². The number of thiophene rings is 1. The van der Waals surface area contributed by atoms with Gasteiger partial charge in [-0.1, -0.05) is 43.2 Å². The third-order valence-electron chi connectivity index (χ3n) is 9.66. The van der Waals surface area contributed by atoms with Gasteiger partial charge in [0, 0.05) is 28.7 Å². The van der Waals surface area contributed by atoms with Crippen LogP contribution in [0.5, 0.6) is 0 Å². The van der Waals surface area contributed by atoms with Crippen molar-refractivity contribution >= 4 is 61.1 Å². The number of urea groups is 1. The van der Waals surface area contributed by atoms with Crippen LogP contribution in [0.4, 0.5) is 4.79 Å². The van der Waals surface area contributed by atoms with Crippen molar-refractivity contribution < 1.29 is 32.4 Å². The van der Waals surface area contributed by atoms with E-state index in [-0.39, 0.29) is 25.3 Å². The summed E-state index contributed by atoms with van der Waals surface area (Å²) in [6, 6.07) is 6.28. The number of rotatable bonds is 6. The molecule has 2 aromatic rings. The Balaban J connectivity index is 1.27. The molecule has 3 heterocycles. The van der Waals surface area contributed by atoms with E-state index in [1.807, 2.05) is 57.2 Å². The van der Waals surface area contributed by atoms with E-state index in [4.69, 9.17) is 0 Å². The fraction of sp³-hybridized carbons (Fsp3) is 0.571. The number of hydrogen-bond donors (Lipinski definition) is 5. The van der Waals surface area contributed by atoms with Crippen LogP contribution < -0.4 is 26.0 Å². The highest BCUT2D eigenvalue weighted by atomic mass is 32.2. The summed E-state index contributed by atoms with van der Waals surface area (Å²) in [5, 5.41) is 11.8. The molecule has 13 nitrogen and oxygen atoms in total. The molecule has 0 spiro atoms. The lowest BCUT2D eigenvalue weighted by Crippen LogP contribution is -2.59. The summed E-state index contributed by atoms with van der Waals surface area (Å²) >= 11 is 1.34. The molecule has 0 unspecified atom stereocenters. The predicted molar refractivity (Wildman–Crippen MR) is 190 cm³/mol. The van der Waals surface area contributed by atoms with Crippen molar-refractivity contribution in [2.75, 3.05) is 6.54 Å². The second-order valence-electron chi connectivity index (χ2n) is 15.0. The normalized spacial score (nSPS) is 28.3. The first-order valence-electron chi connectivity index (χ1n) is 17.4. The Morgan fingerprint density at radius 3 is 2.50 bits per heavy atom. The maximum atomic E-state index is 14.3. The Morgan fingerprint density at radius 2 is 1.78 bits per heavy atom. The molecule has 5 N–H and O–H groups in total. The predicted octanol–water partition coefficient (Wildman–Crippen LogP) is 3.07. The van der Waals surface area contributed by atoms with E-state index in [1.54, 1.807) is 6.07 Å². The highest BCUT2D eigenvalue weighted by Gasteiger charge is 2.62. The molecular formula is C35H46N6O7S2. The summed E-state index contributed by atoms with van der Waals surface area (Å²) in [6.45, 7) is 5.49. The number of amides is 6. The van der Waals surface area contributed by atoms with Gasteiger partial charge in [0.1, 0.15) is 17.6 Å². The number of nitrogens with zero attached hydrogens (tertiary/aromatic N) is 1. The van der Waals surface area contributed by atoms with Gasteiger partial charge < -0.3 is 26.2 Å². The molecule has 6 amide bonds. The topological polar surface area (TPSA) is 183 Å². The van der Waals surface area contributed by atoms with Crippen LogP contribution in [0.25, 0.3) is 10.1 Å². The zero-order valence-corrected chi connectivity index (χ0v) is 30.3. The zero-order chi connectivity index (χ0) is 35.8.